The molecule has 3 atom stereocenters. The number of nitrogens with zero attached hydrogens (tertiary/aromatic N) is 3. The quantitative estimate of drug-likeness (QED) is 0.539. The third-order valence-corrected chi connectivity index (χ3v) is 5.95. The number of halogens is 3. The van der Waals surface area contributed by atoms with E-state index < -0.39 is 18.0 Å². The number of aliphatic hydroxyl groups is 1. The predicted octanol–water partition coefficient (Wildman–Crippen LogP) is 4.44. The van der Waals surface area contributed by atoms with Crippen LogP contribution in [-0.4, -0.2) is 39.2 Å². The highest BCUT2D eigenvalue weighted by Crippen LogP contribution is 2.37. The number of benzene rings is 1. The molecular formula is C21H21Cl2FN4O3. The van der Waals surface area contributed by atoms with Gasteiger partial charge in [0.2, 0.25) is 0 Å². The van der Waals surface area contributed by atoms with Crippen LogP contribution in [-0.2, 0) is 4.74 Å². The number of nitrogen functional groups attached to an aromatic ring is 1. The molecule has 1 saturated heterocycles. The van der Waals surface area contributed by atoms with Crippen molar-refractivity contribution in [1.82, 2.24) is 14.8 Å². The number of rotatable bonds is 5. The monoisotopic (exact) mass is 466 g/mol. The number of ether oxygens (including phenoxy) is 2. The van der Waals surface area contributed by atoms with Crippen LogP contribution in [0.15, 0.2) is 36.8 Å². The Bertz CT molecular complexity index is 1090. The SMILES string of the molecule is CC(Oc1cc(-c2cnn(C3CCOCC3O)c2)cnc1N)c1c(Cl)ccc(F)c1Cl. The second kappa shape index (κ2) is 9.00. The molecule has 1 aromatic carbocycles. The maximum absolute atomic E-state index is 13.9. The molecule has 3 heterocycles. The summed E-state index contributed by atoms with van der Waals surface area (Å²) in [7, 11) is 0. The summed E-state index contributed by atoms with van der Waals surface area (Å²) >= 11 is 12.3. The van der Waals surface area contributed by atoms with Gasteiger partial charge in [-0.25, -0.2) is 9.37 Å². The minimum Gasteiger partial charge on any atom is -0.482 e. The molecule has 0 aliphatic carbocycles. The van der Waals surface area contributed by atoms with Gasteiger partial charge in [0.1, 0.15) is 11.9 Å². The normalized spacial score (nSPS) is 19.9. The highest BCUT2D eigenvalue weighted by molar-refractivity contribution is 6.36. The number of aliphatic hydroxyl groups excluding tert-OH is 1. The molecule has 2 aromatic heterocycles. The third kappa shape index (κ3) is 4.48. The summed E-state index contributed by atoms with van der Waals surface area (Å²) in [4.78, 5) is 4.21. The summed E-state index contributed by atoms with van der Waals surface area (Å²) in [6.45, 7) is 2.55. The van der Waals surface area contributed by atoms with Crippen molar-refractivity contribution in [3.63, 3.8) is 0 Å². The van der Waals surface area contributed by atoms with E-state index in [0.29, 0.717) is 24.3 Å². The number of pyridine rings is 1. The van der Waals surface area contributed by atoms with Gasteiger partial charge in [-0.2, -0.15) is 5.10 Å². The van der Waals surface area contributed by atoms with Crippen molar-refractivity contribution in [3.8, 4) is 16.9 Å². The van der Waals surface area contributed by atoms with Crippen molar-refractivity contribution in [2.45, 2.75) is 31.6 Å². The Morgan fingerprint density at radius 3 is 2.90 bits per heavy atom. The molecule has 1 aliphatic rings. The topological polar surface area (TPSA) is 95.4 Å². The first-order valence-corrected chi connectivity index (χ1v) is 10.5. The van der Waals surface area contributed by atoms with Crippen LogP contribution in [0.1, 0.15) is 31.1 Å². The lowest BCUT2D eigenvalue weighted by atomic mass is 10.1. The Kier molecular flexibility index (Phi) is 6.34. The van der Waals surface area contributed by atoms with E-state index in [2.05, 4.69) is 10.1 Å². The van der Waals surface area contributed by atoms with Gasteiger partial charge in [0.05, 0.1) is 30.0 Å². The molecular weight excluding hydrogens is 446 g/mol. The highest BCUT2D eigenvalue weighted by atomic mass is 35.5. The Morgan fingerprint density at radius 1 is 1.32 bits per heavy atom. The average Bonchev–Trinajstić information content (AvgIpc) is 3.23. The van der Waals surface area contributed by atoms with E-state index in [1.165, 1.54) is 12.1 Å². The van der Waals surface area contributed by atoms with E-state index in [0.717, 1.165) is 11.1 Å². The first kappa shape index (κ1) is 21.8. The standard InChI is InChI=1S/C21H21Cl2FN4O3/c1-11(19-14(22)2-3-15(24)20(19)23)31-18-6-12(7-26-21(18)25)13-8-27-28(9-13)16-4-5-30-10-17(16)29/h2-3,6-9,11,16-17,29H,4-5,10H2,1H3,(H2,25,26). The van der Waals surface area contributed by atoms with Gasteiger partial charge in [-0.3, -0.25) is 4.68 Å². The second-order valence-electron chi connectivity index (χ2n) is 7.33. The Hall–Kier alpha value is -2.39. The van der Waals surface area contributed by atoms with E-state index in [4.69, 9.17) is 38.4 Å². The van der Waals surface area contributed by atoms with Crippen LogP contribution in [0.4, 0.5) is 10.2 Å². The average molecular weight is 467 g/mol. The van der Waals surface area contributed by atoms with Crippen LogP contribution in [0.3, 0.4) is 0 Å². The zero-order chi connectivity index (χ0) is 22.1. The number of anilines is 1. The molecule has 31 heavy (non-hydrogen) atoms. The molecule has 3 aromatic rings. The smallest absolute Gasteiger partial charge is 0.166 e. The molecule has 4 rings (SSSR count). The van der Waals surface area contributed by atoms with Crippen molar-refractivity contribution in [2.75, 3.05) is 18.9 Å². The van der Waals surface area contributed by atoms with Gasteiger partial charge >= 0.3 is 0 Å². The summed E-state index contributed by atoms with van der Waals surface area (Å²) < 4.78 is 26.8. The molecule has 0 spiro atoms. The van der Waals surface area contributed by atoms with Gasteiger partial charge in [0.15, 0.2) is 11.6 Å². The maximum Gasteiger partial charge on any atom is 0.166 e. The molecule has 0 saturated carbocycles. The lowest BCUT2D eigenvalue weighted by Gasteiger charge is -2.27. The zero-order valence-electron chi connectivity index (χ0n) is 16.6. The molecule has 0 radical (unpaired) electrons. The molecule has 3 N–H and O–H groups in total. The number of nitrogens with two attached hydrogens (primary N) is 1. The van der Waals surface area contributed by atoms with Crippen LogP contribution in [0, 0.1) is 5.82 Å². The second-order valence-corrected chi connectivity index (χ2v) is 8.12. The van der Waals surface area contributed by atoms with Crippen LogP contribution < -0.4 is 10.5 Å². The minimum atomic E-state index is -0.671. The number of aromatic nitrogens is 3. The molecule has 3 unspecified atom stereocenters. The van der Waals surface area contributed by atoms with Crippen molar-refractivity contribution in [1.29, 1.82) is 0 Å². The Morgan fingerprint density at radius 2 is 2.13 bits per heavy atom. The zero-order valence-corrected chi connectivity index (χ0v) is 18.1. The molecule has 164 valence electrons. The van der Waals surface area contributed by atoms with Crippen LogP contribution in [0.5, 0.6) is 5.75 Å². The molecule has 1 fully saturated rings. The van der Waals surface area contributed by atoms with Crippen LogP contribution >= 0.6 is 23.2 Å². The lowest BCUT2D eigenvalue weighted by molar-refractivity contribution is -0.0416. The van der Waals surface area contributed by atoms with Gasteiger partial charge in [0.25, 0.3) is 0 Å². The van der Waals surface area contributed by atoms with Crippen molar-refractivity contribution < 1.29 is 19.0 Å². The minimum absolute atomic E-state index is 0.0982. The summed E-state index contributed by atoms with van der Waals surface area (Å²) in [5.74, 6) is -0.106. The van der Waals surface area contributed by atoms with E-state index in [-0.39, 0.29) is 28.5 Å². The summed E-state index contributed by atoms with van der Waals surface area (Å²) in [6, 6.07) is 4.19. The largest absolute Gasteiger partial charge is 0.482 e. The first-order chi connectivity index (χ1) is 14.8. The van der Waals surface area contributed by atoms with E-state index >= 15 is 0 Å². The number of hydrogen-bond acceptors (Lipinski definition) is 6. The fraction of sp³-hybridized carbons (Fsp3) is 0.333. The fourth-order valence-electron chi connectivity index (χ4n) is 3.56. The van der Waals surface area contributed by atoms with Gasteiger partial charge in [-0.05, 0) is 31.5 Å². The van der Waals surface area contributed by atoms with E-state index in [1.54, 1.807) is 30.1 Å². The van der Waals surface area contributed by atoms with Gasteiger partial charge in [-0.15, -0.1) is 0 Å². The van der Waals surface area contributed by atoms with Crippen molar-refractivity contribution >= 4 is 29.0 Å². The maximum atomic E-state index is 13.9. The molecule has 7 nitrogen and oxygen atoms in total. The summed E-state index contributed by atoms with van der Waals surface area (Å²) in [5.41, 5.74) is 7.83. The van der Waals surface area contributed by atoms with Gasteiger partial charge < -0.3 is 20.3 Å². The van der Waals surface area contributed by atoms with E-state index in [1.807, 2.05) is 6.20 Å². The first-order valence-electron chi connectivity index (χ1n) is 9.71. The summed E-state index contributed by atoms with van der Waals surface area (Å²) in [6.07, 6.45) is 4.50. The molecule has 0 bridgehead atoms. The third-order valence-electron chi connectivity index (χ3n) is 5.24. The Balaban J connectivity index is 1.59. The van der Waals surface area contributed by atoms with Gasteiger partial charge in [0, 0.05) is 40.7 Å². The Labute approximate surface area is 188 Å². The van der Waals surface area contributed by atoms with Crippen molar-refractivity contribution in [2.24, 2.45) is 0 Å². The number of hydrogen-bond donors (Lipinski definition) is 2. The van der Waals surface area contributed by atoms with E-state index in [9.17, 15) is 9.50 Å². The van der Waals surface area contributed by atoms with Crippen molar-refractivity contribution in [3.05, 3.63) is 58.2 Å². The lowest BCUT2D eigenvalue weighted by Crippen LogP contribution is -2.34. The summed E-state index contributed by atoms with van der Waals surface area (Å²) in [5, 5.41) is 14.7. The molecule has 1 aliphatic heterocycles. The van der Waals surface area contributed by atoms with Crippen LogP contribution in [0.25, 0.3) is 11.1 Å². The predicted molar refractivity (Wildman–Crippen MR) is 116 cm³/mol. The van der Waals surface area contributed by atoms with Crippen LogP contribution in [0.2, 0.25) is 10.0 Å². The molecule has 10 heteroatoms. The molecule has 0 amide bonds. The fourth-order valence-corrected chi connectivity index (χ4v) is 4.24. The van der Waals surface area contributed by atoms with Gasteiger partial charge in [-0.1, -0.05) is 23.2 Å². The highest BCUT2D eigenvalue weighted by Gasteiger charge is 2.26.